The molecule has 0 aliphatic carbocycles. The highest BCUT2D eigenvalue weighted by Gasteiger charge is 2.29. The Balaban J connectivity index is 1.80. The summed E-state index contributed by atoms with van der Waals surface area (Å²) in [4.78, 5) is 18.8. The normalized spacial score (nSPS) is 13.7. The van der Waals surface area contributed by atoms with Crippen molar-refractivity contribution in [1.82, 2.24) is 9.97 Å². The molecule has 9 heteroatoms. The third-order valence-corrected chi connectivity index (χ3v) is 4.69. The van der Waals surface area contributed by atoms with Gasteiger partial charge in [0, 0.05) is 41.7 Å². The minimum absolute atomic E-state index is 0.0106. The number of ether oxygens (including phenoxy) is 1. The molecule has 140 valence electrons. The van der Waals surface area contributed by atoms with Crippen LogP contribution in [0, 0.1) is 23.5 Å². The predicted molar refractivity (Wildman–Crippen MR) is 88.5 cm³/mol. The number of nitrogens with zero attached hydrogens (tertiary/aromatic N) is 2. The summed E-state index contributed by atoms with van der Waals surface area (Å²) >= 11 is 0. The van der Waals surface area contributed by atoms with Crippen LogP contribution in [0.1, 0.15) is 21.6 Å². The van der Waals surface area contributed by atoms with Gasteiger partial charge in [-0.15, -0.1) is 0 Å². The van der Waals surface area contributed by atoms with Gasteiger partial charge in [0.2, 0.25) is 11.6 Å². The number of hydrogen-bond acceptors (Lipinski definition) is 4. The lowest BCUT2D eigenvalue weighted by Gasteiger charge is -2.29. The molecule has 1 aliphatic heterocycles. The maximum absolute atomic E-state index is 14.1. The topological polar surface area (TPSA) is 58.2 Å². The number of halogens is 4. The van der Waals surface area contributed by atoms with Gasteiger partial charge in [-0.3, -0.25) is 0 Å². The Morgan fingerprint density at radius 2 is 1.89 bits per heavy atom. The third kappa shape index (κ3) is 2.70. The number of benzene rings is 1. The number of fused-ring (bicyclic) bond motifs is 3. The van der Waals surface area contributed by atoms with Crippen LogP contribution in [0.2, 0.25) is 0 Å². The summed E-state index contributed by atoms with van der Waals surface area (Å²) in [5.41, 5.74) is 1.80. The van der Waals surface area contributed by atoms with Crippen molar-refractivity contribution in [2.24, 2.45) is 0 Å². The molecule has 3 aromatic rings. The lowest BCUT2D eigenvalue weighted by molar-refractivity contribution is 0.0601. The molecule has 0 saturated carbocycles. The molecule has 1 N–H and O–H groups in total. The quantitative estimate of drug-likeness (QED) is 0.421. The van der Waals surface area contributed by atoms with E-state index in [0.29, 0.717) is 22.9 Å². The molecule has 1 aromatic carbocycles. The molecule has 27 heavy (non-hydrogen) atoms. The van der Waals surface area contributed by atoms with Crippen molar-refractivity contribution in [3.63, 3.8) is 0 Å². The molecule has 0 amide bonds. The number of aromatic amines is 1. The molecule has 4 rings (SSSR count). The average Bonchev–Trinajstić information content (AvgIpc) is 3.03. The molecule has 0 bridgehead atoms. The molecule has 0 radical (unpaired) electrons. The predicted octanol–water partition coefficient (Wildman–Crippen LogP) is 3.47. The lowest BCUT2D eigenvalue weighted by atomic mass is 10.0. The number of hydrogen-bond donors (Lipinski definition) is 1. The second kappa shape index (κ2) is 6.26. The van der Waals surface area contributed by atoms with E-state index in [4.69, 9.17) is 4.74 Å². The van der Waals surface area contributed by atoms with Gasteiger partial charge in [0.15, 0.2) is 0 Å². The second-order valence-corrected chi connectivity index (χ2v) is 6.18. The van der Waals surface area contributed by atoms with Crippen LogP contribution in [0.4, 0.5) is 23.2 Å². The van der Waals surface area contributed by atoms with Crippen LogP contribution >= 0.6 is 0 Å². The number of H-pyrrole nitrogens is 1. The summed E-state index contributed by atoms with van der Waals surface area (Å²) in [5, 5.41) is 0.674. The summed E-state index contributed by atoms with van der Waals surface area (Å²) in [5.74, 6) is -6.97. The summed E-state index contributed by atoms with van der Waals surface area (Å²) in [6.45, 7) is 0.164. The van der Waals surface area contributed by atoms with E-state index in [2.05, 4.69) is 9.97 Å². The summed E-state index contributed by atoms with van der Waals surface area (Å²) in [6.07, 6.45) is 0.377. The van der Waals surface area contributed by atoms with Gasteiger partial charge in [0.1, 0.15) is 5.69 Å². The number of carbonyl (C=O) groups excluding carboxylic acids is 1. The monoisotopic (exact) mass is 379 g/mol. The second-order valence-electron chi connectivity index (χ2n) is 6.18. The smallest absolute Gasteiger partial charge is 0.337 e. The Morgan fingerprint density at radius 1 is 1.19 bits per heavy atom. The van der Waals surface area contributed by atoms with E-state index in [-0.39, 0.29) is 13.1 Å². The van der Waals surface area contributed by atoms with Gasteiger partial charge >= 0.3 is 5.97 Å². The van der Waals surface area contributed by atoms with Crippen molar-refractivity contribution >= 4 is 22.6 Å². The summed E-state index contributed by atoms with van der Waals surface area (Å²) < 4.78 is 59.8. The van der Waals surface area contributed by atoms with Crippen LogP contribution in [0.15, 0.2) is 18.2 Å². The zero-order chi connectivity index (χ0) is 19.3. The fraction of sp³-hybridized carbons (Fsp3) is 0.222. The standard InChI is InChI=1S/C18H13F4N3O2/c1-27-18(26)8-2-3-11-9(6-8)10-7-25(5-4-12(10)23-11)15-13(19)16(21)24-17(22)14(15)20/h2-3,6,23H,4-5,7H2,1H3. The number of aromatic nitrogens is 2. The van der Waals surface area contributed by atoms with Crippen molar-refractivity contribution in [3.05, 3.63) is 58.5 Å². The minimum Gasteiger partial charge on any atom is -0.465 e. The van der Waals surface area contributed by atoms with Crippen molar-refractivity contribution in [1.29, 1.82) is 0 Å². The number of methoxy groups -OCH3 is 1. The van der Waals surface area contributed by atoms with Crippen molar-refractivity contribution < 1.29 is 27.1 Å². The molecule has 0 saturated heterocycles. The van der Waals surface area contributed by atoms with Crippen molar-refractivity contribution in [2.45, 2.75) is 13.0 Å². The molecule has 5 nitrogen and oxygen atoms in total. The Kier molecular flexibility index (Phi) is 4.01. The zero-order valence-corrected chi connectivity index (χ0v) is 14.1. The highest BCUT2D eigenvalue weighted by molar-refractivity contribution is 5.96. The molecular formula is C18H13F4N3O2. The van der Waals surface area contributed by atoms with Crippen LogP contribution in [0.3, 0.4) is 0 Å². The molecule has 2 aromatic heterocycles. The fourth-order valence-electron chi connectivity index (χ4n) is 3.40. The van der Waals surface area contributed by atoms with Gasteiger partial charge < -0.3 is 14.6 Å². The molecule has 3 heterocycles. The van der Waals surface area contributed by atoms with E-state index in [9.17, 15) is 22.4 Å². The Labute approximate surface area is 150 Å². The SMILES string of the molecule is COC(=O)c1ccc2[nH]c3c(c2c1)CN(c1c(F)c(F)nc(F)c1F)CC3. The van der Waals surface area contributed by atoms with Gasteiger partial charge in [-0.2, -0.15) is 22.5 Å². The van der Waals surface area contributed by atoms with E-state index in [0.717, 1.165) is 11.2 Å². The van der Waals surface area contributed by atoms with Crippen LogP contribution in [-0.4, -0.2) is 29.6 Å². The van der Waals surface area contributed by atoms with Gasteiger partial charge in [0.25, 0.3) is 11.9 Å². The maximum atomic E-state index is 14.1. The number of nitrogens with one attached hydrogen (secondary N) is 1. The molecule has 0 atom stereocenters. The molecule has 0 unspecified atom stereocenters. The van der Waals surface area contributed by atoms with E-state index in [1.165, 1.54) is 12.0 Å². The Bertz CT molecular complexity index is 1050. The Hall–Kier alpha value is -3.10. The summed E-state index contributed by atoms with van der Waals surface area (Å²) in [7, 11) is 1.26. The highest BCUT2D eigenvalue weighted by atomic mass is 19.2. The molecule has 0 fully saturated rings. The van der Waals surface area contributed by atoms with Gasteiger partial charge in [0.05, 0.1) is 12.7 Å². The van der Waals surface area contributed by atoms with Crippen molar-refractivity contribution in [2.75, 3.05) is 18.6 Å². The Morgan fingerprint density at radius 3 is 2.56 bits per heavy atom. The third-order valence-electron chi connectivity index (χ3n) is 4.69. The number of pyridine rings is 1. The van der Waals surface area contributed by atoms with Gasteiger partial charge in [-0.05, 0) is 18.2 Å². The van der Waals surface area contributed by atoms with Crippen LogP contribution in [-0.2, 0) is 17.7 Å². The number of carbonyl (C=O) groups is 1. The zero-order valence-electron chi connectivity index (χ0n) is 14.1. The number of rotatable bonds is 2. The van der Waals surface area contributed by atoms with Crippen LogP contribution in [0.25, 0.3) is 10.9 Å². The van der Waals surface area contributed by atoms with E-state index >= 15 is 0 Å². The average molecular weight is 379 g/mol. The lowest BCUT2D eigenvalue weighted by Crippen LogP contribution is -2.32. The van der Waals surface area contributed by atoms with Crippen molar-refractivity contribution in [3.8, 4) is 0 Å². The van der Waals surface area contributed by atoms with Gasteiger partial charge in [-0.25, -0.2) is 4.79 Å². The van der Waals surface area contributed by atoms with E-state index < -0.39 is 35.2 Å². The largest absolute Gasteiger partial charge is 0.465 e. The minimum atomic E-state index is -1.69. The van der Waals surface area contributed by atoms with Gasteiger partial charge in [-0.1, -0.05) is 0 Å². The highest BCUT2D eigenvalue weighted by Crippen LogP contribution is 2.34. The first-order chi connectivity index (χ1) is 12.9. The van der Waals surface area contributed by atoms with Crippen LogP contribution < -0.4 is 4.90 Å². The first-order valence-corrected chi connectivity index (χ1v) is 8.07. The van der Waals surface area contributed by atoms with E-state index in [1.54, 1.807) is 18.2 Å². The fourth-order valence-corrected chi connectivity index (χ4v) is 3.40. The molecular weight excluding hydrogens is 366 g/mol. The molecule has 1 aliphatic rings. The number of anilines is 1. The summed E-state index contributed by atoms with van der Waals surface area (Å²) in [6, 6.07) is 4.92. The first kappa shape index (κ1) is 17.3. The first-order valence-electron chi connectivity index (χ1n) is 8.07. The van der Waals surface area contributed by atoms with Crippen LogP contribution in [0.5, 0.6) is 0 Å². The maximum Gasteiger partial charge on any atom is 0.337 e. The van der Waals surface area contributed by atoms with E-state index in [1.807, 2.05) is 0 Å². The number of esters is 1. The molecule has 0 spiro atoms.